The summed E-state index contributed by atoms with van der Waals surface area (Å²) in [6, 6.07) is 13.1. The number of fused-ring (bicyclic) bond motifs is 1. The van der Waals surface area contributed by atoms with Crippen LogP contribution in [-0.4, -0.2) is 30.7 Å². The van der Waals surface area contributed by atoms with Gasteiger partial charge in [0.2, 0.25) is 6.79 Å². The van der Waals surface area contributed by atoms with E-state index in [4.69, 9.17) is 26.8 Å². The molecule has 0 bridgehead atoms. The second-order valence-corrected chi connectivity index (χ2v) is 7.05. The maximum atomic E-state index is 12.8. The van der Waals surface area contributed by atoms with Crippen LogP contribution < -0.4 is 20.5 Å². The number of benzene rings is 2. The van der Waals surface area contributed by atoms with Crippen LogP contribution in [0.5, 0.6) is 11.5 Å². The molecule has 0 aliphatic carbocycles. The molecule has 6 nitrogen and oxygen atoms in total. The Labute approximate surface area is 162 Å². The summed E-state index contributed by atoms with van der Waals surface area (Å²) >= 11 is 5.94. The SMILES string of the molecule is NC1=C(C(=O)Nc2ccc3c(c2)OCO3)CN(Cc2ccc(Cl)cc2)CC1. The van der Waals surface area contributed by atoms with Gasteiger partial charge < -0.3 is 20.5 Å². The minimum atomic E-state index is -0.188. The highest BCUT2D eigenvalue weighted by Crippen LogP contribution is 2.34. The summed E-state index contributed by atoms with van der Waals surface area (Å²) in [6.45, 7) is 2.26. The lowest BCUT2D eigenvalue weighted by atomic mass is 10.0. The summed E-state index contributed by atoms with van der Waals surface area (Å²) < 4.78 is 10.6. The van der Waals surface area contributed by atoms with Gasteiger partial charge in [-0.25, -0.2) is 0 Å². The van der Waals surface area contributed by atoms with Gasteiger partial charge >= 0.3 is 0 Å². The maximum absolute atomic E-state index is 12.8. The highest BCUT2D eigenvalue weighted by atomic mass is 35.5. The molecule has 0 aromatic heterocycles. The van der Waals surface area contributed by atoms with Gasteiger partial charge in [0.25, 0.3) is 5.91 Å². The molecule has 27 heavy (non-hydrogen) atoms. The van der Waals surface area contributed by atoms with E-state index < -0.39 is 0 Å². The molecule has 0 spiro atoms. The van der Waals surface area contributed by atoms with E-state index in [9.17, 15) is 4.79 Å². The lowest BCUT2D eigenvalue weighted by molar-refractivity contribution is -0.113. The lowest BCUT2D eigenvalue weighted by Gasteiger charge is -2.29. The first-order valence-electron chi connectivity index (χ1n) is 8.74. The summed E-state index contributed by atoms with van der Waals surface area (Å²) in [6.07, 6.45) is 0.664. The zero-order valence-electron chi connectivity index (χ0n) is 14.7. The van der Waals surface area contributed by atoms with Crippen LogP contribution in [0.3, 0.4) is 0 Å². The predicted molar refractivity (Wildman–Crippen MR) is 104 cm³/mol. The van der Waals surface area contributed by atoms with Crippen molar-refractivity contribution in [1.82, 2.24) is 4.90 Å². The highest BCUT2D eigenvalue weighted by Gasteiger charge is 2.23. The number of nitrogens with two attached hydrogens (primary N) is 1. The zero-order valence-corrected chi connectivity index (χ0v) is 15.5. The topological polar surface area (TPSA) is 76.8 Å². The van der Waals surface area contributed by atoms with E-state index in [0.717, 1.165) is 18.7 Å². The molecule has 2 aliphatic heterocycles. The molecule has 4 rings (SSSR count). The third-order valence-electron chi connectivity index (χ3n) is 4.69. The number of nitrogens with zero attached hydrogens (tertiary/aromatic N) is 1. The summed E-state index contributed by atoms with van der Waals surface area (Å²) in [5.74, 6) is 1.12. The number of ether oxygens (including phenoxy) is 2. The fourth-order valence-electron chi connectivity index (χ4n) is 3.22. The van der Waals surface area contributed by atoms with Crippen molar-refractivity contribution in [1.29, 1.82) is 0 Å². The molecular weight excluding hydrogens is 366 g/mol. The maximum Gasteiger partial charge on any atom is 0.254 e. The molecule has 0 saturated carbocycles. The number of nitrogens with one attached hydrogen (secondary N) is 1. The standard InChI is InChI=1S/C20H20ClN3O3/c21-14-3-1-13(2-4-14)10-24-8-7-17(22)16(11-24)20(25)23-15-5-6-18-19(9-15)27-12-26-18/h1-6,9H,7-8,10-12,22H2,(H,23,25). The van der Waals surface area contributed by atoms with Gasteiger partial charge in [0, 0.05) is 48.5 Å². The van der Waals surface area contributed by atoms with Gasteiger partial charge in [-0.3, -0.25) is 9.69 Å². The fourth-order valence-corrected chi connectivity index (χ4v) is 3.34. The molecule has 2 heterocycles. The third-order valence-corrected chi connectivity index (χ3v) is 4.94. The molecule has 0 saturated heterocycles. The van der Waals surface area contributed by atoms with E-state index in [0.29, 0.717) is 46.4 Å². The van der Waals surface area contributed by atoms with E-state index in [1.165, 1.54) is 0 Å². The number of hydrogen-bond donors (Lipinski definition) is 2. The number of carbonyl (C=O) groups excluding carboxylic acids is 1. The normalized spacial score (nSPS) is 16.5. The summed E-state index contributed by atoms with van der Waals surface area (Å²) in [4.78, 5) is 15.0. The van der Waals surface area contributed by atoms with Crippen molar-refractivity contribution in [2.75, 3.05) is 25.2 Å². The molecule has 2 aromatic carbocycles. The number of hydrogen-bond acceptors (Lipinski definition) is 5. The Kier molecular flexibility index (Phi) is 4.92. The molecule has 1 amide bonds. The van der Waals surface area contributed by atoms with Crippen LogP contribution >= 0.6 is 11.6 Å². The van der Waals surface area contributed by atoms with E-state index in [2.05, 4.69) is 10.2 Å². The Morgan fingerprint density at radius 1 is 1.15 bits per heavy atom. The zero-order chi connectivity index (χ0) is 18.8. The Morgan fingerprint density at radius 2 is 1.93 bits per heavy atom. The average molecular weight is 386 g/mol. The van der Waals surface area contributed by atoms with E-state index in [1.54, 1.807) is 18.2 Å². The van der Waals surface area contributed by atoms with E-state index >= 15 is 0 Å². The van der Waals surface area contributed by atoms with Crippen molar-refractivity contribution in [2.45, 2.75) is 13.0 Å². The fraction of sp³-hybridized carbons (Fsp3) is 0.250. The van der Waals surface area contributed by atoms with Crippen LogP contribution in [0.25, 0.3) is 0 Å². The third kappa shape index (κ3) is 4.02. The number of halogens is 1. The number of amides is 1. The van der Waals surface area contributed by atoms with E-state index in [-0.39, 0.29) is 12.7 Å². The van der Waals surface area contributed by atoms with E-state index in [1.807, 2.05) is 24.3 Å². The minimum Gasteiger partial charge on any atom is -0.454 e. The van der Waals surface area contributed by atoms with Gasteiger partial charge in [-0.2, -0.15) is 0 Å². The van der Waals surface area contributed by atoms with Crippen LogP contribution in [0, 0.1) is 0 Å². The molecule has 0 unspecified atom stereocenters. The van der Waals surface area contributed by atoms with Crippen LogP contribution in [0.15, 0.2) is 53.7 Å². The van der Waals surface area contributed by atoms with Gasteiger partial charge in [-0.15, -0.1) is 0 Å². The highest BCUT2D eigenvalue weighted by molar-refractivity contribution is 6.30. The van der Waals surface area contributed by atoms with Crippen LogP contribution in [0.1, 0.15) is 12.0 Å². The van der Waals surface area contributed by atoms with Crippen molar-refractivity contribution < 1.29 is 14.3 Å². The van der Waals surface area contributed by atoms with Crippen molar-refractivity contribution in [3.8, 4) is 11.5 Å². The van der Waals surface area contributed by atoms with Gasteiger partial charge in [0.1, 0.15) is 0 Å². The molecular formula is C20H20ClN3O3. The van der Waals surface area contributed by atoms with Crippen LogP contribution in [-0.2, 0) is 11.3 Å². The molecule has 140 valence electrons. The number of rotatable bonds is 4. The Bertz CT molecular complexity index is 896. The first-order chi connectivity index (χ1) is 13.1. The molecule has 0 radical (unpaired) electrons. The first-order valence-corrected chi connectivity index (χ1v) is 9.11. The number of anilines is 1. The van der Waals surface area contributed by atoms with Crippen molar-refractivity contribution in [3.05, 3.63) is 64.3 Å². The van der Waals surface area contributed by atoms with Gasteiger partial charge in [0.15, 0.2) is 11.5 Å². The first kappa shape index (κ1) is 17.7. The second kappa shape index (κ2) is 7.50. The van der Waals surface area contributed by atoms with Crippen LogP contribution in [0.2, 0.25) is 5.02 Å². The monoisotopic (exact) mass is 385 g/mol. The summed E-state index contributed by atoms with van der Waals surface area (Å²) in [7, 11) is 0. The molecule has 2 aromatic rings. The minimum absolute atomic E-state index is 0.188. The lowest BCUT2D eigenvalue weighted by Crippen LogP contribution is -2.37. The second-order valence-electron chi connectivity index (χ2n) is 6.61. The summed E-state index contributed by atoms with van der Waals surface area (Å²) in [5.41, 5.74) is 9.17. The summed E-state index contributed by atoms with van der Waals surface area (Å²) in [5, 5.41) is 3.62. The van der Waals surface area contributed by atoms with Crippen molar-refractivity contribution in [3.63, 3.8) is 0 Å². The van der Waals surface area contributed by atoms with Crippen molar-refractivity contribution >= 4 is 23.2 Å². The molecule has 0 atom stereocenters. The molecule has 3 N–H and O–H groups in total. The van der Waals surface area contributed by atoms with Gasteiger partial charge in [0.05, 0.1) is 5.57 Å². The van der Waals surface area contributed by atoms with Crippen LogP contribution in [0.4, 0.5) is 5.69 Å². The Balaban J connectivity index is 1.43. The van der Waals surface area contributed by atoms with Crippen molar-refractivity contribution in [2.24, 2.45) is 5.73 Å². The Hall–Kier alpha value is -2.70. The van der Waals surface area contributed by atoms with Gasteiger partial charge in [-0.05, 0) is 29.8 Å². The Morgan fingerprint density at radius 3 is 2.74 bits per heavy atom. The number of carbonyl (C=O) groups is 1. The quantitative estimate of drug-likeness (QED) is 0.845. The molecule has 0 fully saturated rings. The smallest absolute Gasteiger partial charge is 0.254 e. The molecule has 2 aliphatic rings. The average Bonchev–Trinajstić information content (AvgIpc) is 3.13. The predicted octanol–water partition coefficient (Wildman–Crippen LogP) is 3.13. The molecule has 7 heteroatoms. The largest absolute Gasteiger partial charge is 0.454 e. The van der Waals surface area contributed by atoms with Gasteiger partial charge in [-0.1, -0.05) is 23.7 Å².